The number of hydrogen-bond acceptors (Lipinski definition) is 4. The van der Waals surface area contributed by atoms with E-state index in [1.54, 1.807) is 38.4 Å². The van der Waals surface area contributed by atoms with Gasteiger partial charge in [-0.15, -0.1) is 0 Å². The second kappa shape index (κ2) is 5.43. The van der Waals surface area contributed by atoms with Gasteiger partial charge in [0.05, 0.1) is 13.3 Å². The minimum atomic E-state index is -1.02. The number of carbonyl (C=O) groups is 1. The molecule has 0 amide bonds. The van der Waals surface area contributed by atoms with Crippen LogP contribution in [0.15, 0.2) is 30.5 Å². The lowest BCUT2D eigenvalue weighted by Gasteiger charge is -2.07. The zero-order chi connectivity index (χ0) is 13.8. The van der Waals surface area contributed by atoms with E-state index in [0.29, 0.717) is 17.1 Å². The fourth-order valence-electron chi connectivity index (χ4n) is 1.72. The lowest BCUT2D eigenvalue weighted by Crippen LogP contribution is -2.09. The van der Waals surface area contributed by atoms with Crippen molar-refractivity contribution in [1.29, 1.82) is 0 Å². The average molecular weight is 262 g/mol. The normalized spacial score (nSPS) is 10.2. The molecular formula is C13H14N2O4. The minimum Gasteiger partial charge on any atom is -0.497 e. The quantitative estimate of drug-likeness (QED) is 0.887. The van der Waals surface area contributed by atoms with Gasteiger partial charge in [0.1, 0.15) is 18.1 Å². The van der Waals surface area contributed by atoms with E-state index in [1.165, 1.54) is 10.9 Å². The van der Waals surface area contributed by atoms with Crippen molar-refractivity contribution in [2.45, 2.75) is 6.61 Å². The number of carboxylic acids is 1. The lowest BCUT2D eigenvalue weighted by molar-refractivity contribution is 0.0682. The second-order valence-electron chi connectivity index (χ2n) is 3.91. The summed E-state index contributed by atoms with van der Waals surface area (Å²) in [5.41, 5.74) is 0.653. The number of aromatic nitrogens is 2. The highest BCUT2D eigenvalue weighted by Gasteiger charge is 2.15. The van der Waals surface area contributed by atoms with Crippen molar-refractivity contribution in [2.24, 2.45) is 7.05 Å². The predicted octanol–water partition coefficient (Wildman–Crippen LogP) is 1.71. The maximum Gasteiger partial charge on any atom is 0.354 e. The van der Waals surface area contributed by atoms with Gasteiger partial charge in [-0.05, 0) is 12.1 Å². The first-order valence-electron chi connectivity index (χ1n) is 5.63. The Morgan fingerprint density at radius 2 is 2.16 bits per heavy atom. The Morgan fingerprint density at radius 1 is 1.42 bits per heavy atom. The van der Waals surface area contributed by atoms with Crippen LogP contribution < -0.4 is 9.47 Å². The Kier molecular flexibility index (Phi) is 3.70. The standard InChI is InChI=1S/C13H14N2O4/c1-15-12(13(16)17)9(7-14-15)8-19-11-5-3-4-10(6-11)18-2/h3-7H,8H2,1-2H3,(H,16,17). The van der Waals surface area contributed by atoms with Gasteiger partial charge in [0.15, 0.2) is 5.69 Å². The van der Waals surface area contributed by atoms with Crippen molar-refractivity contribution in [3.63, 3.8) is 0 Å². The smallest absolute Gasteiger partial charge is 0.354 e. The summed E-state index contributed by atoms with van der Waals surface area (Å²) in [7, 11) is 3.15. The number of methoxy groups -OCH3 is 1. The summed E-state index contributed by atoms with van der Waals surface area (Å²) < 4.78 is 11.9. The summed E-state index contributed by atoms with van der Waals surface area (Å²) in [5.74, 6) is 0.269. The summed E-state index contributed by atoms with van der Waals surface area (Å²) >= 11 is 0. The molecule has 0 bridgehead atoms. The fraction of sp³-hybridized carbons (Fsp3) is 0.231. The highest BCUT2D eigenvalue weighted by atomic mass is 16.5. The van der Waals surface area contributed by atoms with Crippen LogP contribution in [0.3, 0.4) is 0 Å². The van der Waals surface area contributed by atoms with Crippen LogP contribution in [0.25, 0.3) is 0 Å². The number of aryl methyl sites for hydroxylation is 1. The highest BCUT2D eigenvalue weighted by Crippen LogP contribution is 2.20. The Balaban J connectivity index is 2.12. The van der Waals surface area contributed by atoms with E-state index in [4.69, 9.17) is 14.6 Å². The van der Waals surface area contributed by atoms with Crippen molar-refractivity contribution in [3.05, 3.63) is 41.7 Å². The molecule has 1 aromatic carbocycles. The van der Waals surface area contributed by atoms with E-state index in [1.807, 2.05) is 0 Å². The third kappa shape index (κ3) is 2.85. The van der Waals surface area contributed by atoms with Gasteiger partial charge in [0, 0.05) is 18.7 Å². The van der Waals surface area contributed by atoms with E-state index in [9.17, 15) is 4.79 Å². The van der Waals surface area contributed by atoms with E-state index >= 15 is 0 Å². The Morgan fingerprint density at radius 3 is 2.84 bits per heavy atom. The molecule has 0 saturated heterocycles. The van der Waals surface area contributed by atoms with Gasteiger partial charge < -0.3 is 14.6 Å². The molecule has 1 heterocycles. The zero-order valence-electron chi connectivity index (χ0n) is 10.7. The van der Waals surface area contributed by atoms with Crippen LogP contribution in [0.1, 0.15) is 16.1 Å². The Labute approximate surface area is 110 Å². The summed E-state index contributed by atoms with van der Waals surface area (Å²) in [6, 6.07) is 7.12. The molecule has 0 aliphatic rings. The maximum atomic E-state index is 11.1. The second-order valence-corrected chi connectivity index (χ2v) is 3.91. The summed E-state index contributed by atoms with van der Waals surface area (Å²) in [6.07, 6.45) is 1.49. The van der Waals surface area contributed by atoms with Gasteiger partial charge in [-0.1, -0.05) is 6.07 Å². The zero-order valence-corrected chi connectivity index (χ0v) is 10.7. The predicted molar refractivity (Wildman–Crippen MR) is 67.5 cm³/mol. The lowest BCUT2D eigenvalue weighted by atomic mass is 10.2. The molecule has 1 N–H and O–H groups in total. The van der Waals surface area contributed by atoms with Crippen molar-refractivity contribution < 1.29 is 19.4 Å². The molecule has 100 valence electrons. The average Bonchev–Trinajstić information content (AvgIpc) is 2.78. The molecular weight excluding hydrogens is 248 g/mol. The van der Waals surface area contributed by atoms with Crippen molar-refractivity contribution in [1.82, 2.24) is 9.78 Å². The van der Waals surface area contributed by atoms with Crippen LogP contribution in [-0.4, -0.2) is 28.0 Å². The number of hydrogen-bond donors (Lipinski definition) is 1. The fourth-order valence-corrected chi connectivity index (χ4v) is 1.72. The molecule has 6 nitrogen and oxygen atoms in total. The third-order valence-corrected chi connectivity index (χ3v) is 2.65. The molecule has 19 heavy (non-hydrogen) atoms. The Hall–Kier alpha value is -2.50. The van der Waals surface area contributed by atoms with Gasteiger partial charge in [-0.2, -0.15) is 5.10 Å². The summed E-state index contributed by atoms with van der Waals surface area (Å²) in [4.78, 5) is 11.1. The van der Waals surface area contributed by atoms with Crippen molar-refractivity contribution >= 4 is 5.97 Å². The van der Waals surface area contributed by atoms with Crippen LogP contribution in [0.4, 0.5) is 0 Å². The molecule has 0 aliphatic carbocycles. The number of rotatable bonds is 5. The number of ether oxygens (including phenoxy) is 2. The molecule has 0 aliphatic heterocycles. The first-order chi connectivity index (χ1) is 9.11. The van der Waals surface area contributed by atoms with Gasteiger partial charge in [-0.3, -0.25) is 4.68 Å². The molecule has 0 atom stereocenters. The van der Waals surface area contributed by atoms with Crippen LogP contribution >= 0.6 is 0 Å². The molecule has 1 aromatic heterocycles. The topological polar surface area (TPSA) is 73.6 Å². The maximum absolute atomic E-state index is 11.1. The first kappa shape index (κ1) is 12.9. The molecule has 2 aromatic rings. The SMILES string of the molecule is COc1cccc(OCc2cnn(C)c2C(=O)O)c1. The molecule has 6 heteroatoms. The number of carboxylic acid groups (broad SMARTS) is 1. The van der Waals surface area contributed by atoms with E-state index in [2.05, 4.69) is 5.10 Å². The number of aromatic carboxylic acids is 1. The van der Waals surface area contributed by atoms with Crippen LogP contribution in [-0.2, 0) is 13.7 Å². The van der Waals surface area contributed by atoms with Crippen molar-refractivity contribution in [2.75, 3.05) is 7.11 Å². The largest absolute Gasteiger partial charge is 0.497 e. The van der Waals surface area contributed by atoms with Gasteiger partial charge in [-0.25, -0.2) is 4.79 Å². The minimum absolute atomic E-state index is 0.128. The van der Waals surface area contributed by atoms with Gasteiger partial charge in [0.25, 0.3) is 0 Å². The molecule has 0 fully saturated rings. The van der Waals surface area contributed by atoms with E-state index in [-0.39, 0.29) is 12.3 Å². The van der Waals surface area contributed by atoms with E-state index in [0.717, 1.165) is 0 Å². The van der Waals surface area contributed by atoms with Crippen LogP contribution in [0, 0.1) is 0 Å². The first-order valence-corrected chi connectivity index (χ1v) is 5.63. The summed E-state index contributed by atoms with van der Waals surface area (Å²) in [6.45, 7) is 0.142. The van der Waals surface area contributed by atoms with E-state index < -0.39 is 5.97 Å². The molecule has 0 saturated carbocycles. The monoisotopic (exact) mass is 262 g/mol. The third-order valence-electron chi connectivity index (χ3n) is 2.65. The molecule has 2 rings (SSSR count). The van der Waals surface area contributed by atoms with Gasteiger partial charge in [0.2, 0.25) is 0 Å². The molecule has 0 spiro atoms. The van der Waals surface area contributed by atoms with Crippen LogP contribution in [0.2, 0.25) is 0 Å². The number of benzene rings is 1. The van der Waals surface area contributed by atoms with Crippen molar-refractivity contribution in [3.8, 4) is 11.5 Å². The number of nitrogens with zero attached hydrogens (tertiary/aromatic N) is 2. The summed E-state index contributed by atoms with van der Waals surface area (Å²) in [5, 5.41) is 13.0. The molecule has 0 unspecified atom stereocenters. The molecule has 0 radical (unpaired) electrons. The van der Waals surface area contributed by atoms with Crippen LogP contribution in [0.5, 0.6) is 11.5 Å². The Bertz CT molecular complexity index is 592. The highest BCUT2D eigenvalue weighted by molar-refractivity contribution is 5.87. The van der Waals surface area contributed by atoms with Gasteiger partial charge >= 0.3 is 5.97 Å².